The third kappa shape index (κ3) is 4.11. The van der Waals surface area contributed by atoms with Crippen LogP contribution >= 0.6 is 0 Å². The van der Waals surface area contributed by atoms with Crippen LogP contribution in [0.4, 0.5) is 5.69 Å². The molecule has 0 aliphatic rings. The third-order valence-electron chi connectivity index (χ3n) is 4.91. The highest BCUT2D eigenvalue weighted by molar-refractivity contribution is 5.94. The Kier molecular flexibility index (Phi) is 5.58. The Labute approximate surface area is 166 Å². The molecule has 3 rings (SSSR count). The number of carbonyl (C=O) groups excluding carboxylic acids is 1. The van der Waals surface area contributed by atoms with E-state index in [0.29, 0.717) is 11.7 Å². The lowest BCUT2D eigenvalue weighted by molar-refractivity contribution is -0.119. The predicted octanol–water partition coefficient (Wildman–Crippen LogP) is 4.59. The van der Waals surface area contributed by atoms with Gasteiger partial charge in [0.15, 0.2) is 0 Å². The Hall–Kier alpha value is -3.02. The first kappa shape index (κ1) is 19.7. The lowest BCUT2D eigenvalue weighted by atomic mass is 10.0. The highest BCUT2D eigenvalue weighted by atomic mass is 16.2. The predicted molar refractivity (Wildman–Crippen MR) is 111 cm³/mol. The number of anilines is 1. The quantitative estimate of drug-likeness (QED) is 0.706. The lowest BCUT2D eigenvalue weighted by Crippen LogP contribution is -2.26. The highest BCUT2D eigenvalue weighted by Gasteiger charge is 2.20. The van der Waals surface area contributed by atoms with E-state index in [0.717, 1.165) is 22.4 Å². The zero-order valence-corrected chi connectivity index (χ0v) is 17.3. The Bertz CT molecular complexity index is 965. The monoisotopic (exact) mass is 377 g/mol. The van der Waals surface area contributed by atoms with Crippen molar-refractivity contribution in [2.45, 2.75) is 53.5 Å². The number of rotatable bonds is 5. The van der Waals surface area contributed by atoms with Gasteiger partial charge in [-0.2, -0.15) is 4.80 Å². The molecule has 3 aromatic rings. The number of aryl methyl sites for hydroxylation is 3. The fourth-order valence-electron chi connectivity index (χ4n) is 3.23. The van der Waals surface area contributed by atoms with Gasteiger partial charge < -0.3 is 5.32 Å². The summed E-state index contributed by atoms with van der Waals surface area (Å²) in [6.07, 6.45) is 0. The van der Waals surface area contributed by atoms with Gasteiger partial charge >= 0.3 is 0 Å². The van der Waals surface area contributed by atoms with Gasteiger partial charge in [-0.3, -0.25) is 4.79 Å². The van der Waals surface area contributed by atoms with Crippen molar-refractivity contribution in [1.82, 2.24) is 20.2 Å². The summed E-state index contributed by atoms with van der Waals surface area (Å²) >= 11 is 0. The fraction of sp³-hybridized carbons (Fsp3) is 0.364. The Morgan fingerprint density at radius 1 is 1.00 bits per heavy atom. The first-order valence-corrected chi connectivity index (χ1v) is 9.55. The Morgan fingerprint density at radius 2 is 1.61 bits per heavy atom. The summed E-state index contributed by atoms with van der Waals surface area (Å²) in [7, 11) is 0. The summed E-state index contributed by atoms with van der Waals surface area (Å²) in [5, 5.41) is 15.6. The van der Waals surface area contributed by atoms with Gasteiger partial charge in [0.05, 0.1) is 0 Å². The van der Waals surface area contributed by atoms with Crippen LogP contribution in [0.3, 0.4) is 0 Å². The minimum Gasteiger partial charge on any atom is -0.324 e. The second-order valence-electron chi connectivity index (χ2n) is 7.65. The molecule has 146 valence electrons. The van der Waals surface area contributed by atoms with E-state index in [4.69, 9.17) is 0 Å². The Morgan fingerprint density at radius 3 is 2.18 bits per heavy atom. The van der Waals surface area contributed by atoms with Crippen molar-refractivity contribution in [3.63, 3.8) is 0 Å². The van der Waals surface area contributed by atoms with Gasteiger partial charge in [0, 0.05) is 11.3 Å². The van der Waals surface area contributed by atoms with Gasteiger partial charge in [0.2, 0.25) is 5.82 Å². The number of nitrogens with zero attached hydrogens (tertiary/aromatic N) is 4. The highest BCUT2D eigenvalue weighted by Crippen LogP contribution is 2.23. The van der Waals surface area contributed by atoms with Crippen LogP contribution in [0.1, 0.15) is 55.0 Å². The maximum atomic E-state index is 12.7. The Balaban J connectivity index is 1.76. The first-order valence-electron chi connectivity index (χ1n) is 9.55. The molecule has 6 nitrogen and oxygen atoms in total. The number of benzene rings is 2. The van der Waals surface area contributed by atoms with E-state index in [-0.39, 0.29) is 5.91 Å². The summed E-state index contributed by atoms with van der Waals surface area (Å²) in [5.41, 5.74) is 6.23. The van der Waals surface area contributed by atoms with Crippen LogP contribution in [0, 0.1) is 20.8 Å². The zero-order valence-electron chi connectivity index (χ0n) is 17.3. The second-order valence-corrected chi connectivity index (χ2v) is 7.65. The summed E-state index contributed by atoms with van der Waals surface area (Å²) in [6, 6.07) is 11.6. The topological polar surface area (TPSA) is 72.7 Å². The van der Waals surface area contributed by atoms with E-state index in [1.165, 1.54) is 15.9 Å². The summed E-state index contributed by atoms with van der Waals surface area (Å²) < 4.78 is 0. The van der Waals surface area contributed by atoms with Crippen molar-refractivity contribution in [3.8, 4) is 11.4 Å². The SMILES string of the molecule is Cc1cc(C)c(NC(=O)[C@@H](C)n2nnc(-c3ccc(C(C)C)cc3)n2)c(C)c1. The number of hydrogen-bond donors (Lipinski definition) is 1. The van der Waals surface area contributed by atoms with E-state index in [1.807, 2.05) is 32.9 Å². The molecule has 1 heterocycles. The van der Waals surface area contributed by atoms with Crippen LogP contribution in [0.15, 0.2) is 36.4 Å². The van der Waals surface area contributed by atoms with Crippen LogP contribution in [0.5, 0.6) is 0 Å². The number of hydrogen-bond acceptors (Lipinski definition) is 4. The average Bonchev–Trinajstić information content (AvgIpc) is 3.14. The molecule has 1 atom stereocenters. The molecule has 1 aromatic heterocycles. The van der Waals surface area contributed by atoms with Gasteiger partial charge in [0.1, 0.15) is 6.04 Å². The molecule has 0 spiro atoms. The van der Waals surface area contributed by atoms with Crippen LogP contribution < -0.4 is 5.32 Å². The molecule has 0 aliphatic carbocycles. The van der Waals surface area contributed by atoms with Gasteiger partial charge in [0.25, 0.3) is 5.91 Å². The standard InChI is InChI=1S/C22H27N5O/c1-13(2)18-7-9-19(10-8-18)21-24-26-27(25-21)17(6)22(28)23-20-15(4)11-14(3)12-16(20)5/h7-13,17H,1-6H3,(H,23,28)/t17-/m1/s1. The minimum atomic E-state index is -0.573. The van der Waals surface area contributed by atoms with Crippen LogP contribution in [-0.4, -0.2) is 26.1 Å². The van der Waals surface area contributed by atoms with Crippen LogP contribution in [0.2, 0.25) is 0 Å². The van der Waals surface area contributed by atoms with E-state index >= 15 is 0 Å². The molecular formula is C22H27N5O. The normalized spacial score (nSPS) is 12.2. The molecule has 6 heteroatoms. The molecule has 0 fully saturated rings. The van der Waals surface area contributed by atoms with E-state index in [1.54, 1.807) is 6.92 Å². The van der Waals surface area contributed by atoms with Gasteiger partial charge in [-0.25, -0.2) is 0 Å². The molecule has 0 unspecified atom stereocenters. The van der Waals surface area contributed by atoms with E-state index < -0.39 is 6.04 Å². The molecule has 1 amide bonds. The maximum absolute atomic E-state index is 12.7. The van der Waals surface area contributed by atoms with Crippen molar-refractivity contribution < 1.29 is 4.79 Å². The molecule has 1 N–H and O–H groups in total. The third-order valence-corrected chi connectivity index (χ3v) is 4.91. The average molecular weight is 377 g/mol. The molecular weight excluding hydrogens is 350 g/mol. The van der Waals surface area contributed by atoms with E-state index in [2.05, 4.69) is 58.8 Å². The number of tetrazole rings is 1. The minimum absolute atomic E-state index is 0.172. The van der Waals surface area contributed by atoms with Crippen molar-refractivity contribution in [2.24, 2.45) is 0 Å². The smallest absolute Gasteiger partial charge is 0.250 e. The summed E-state index contributed by atoms with van der Waals surface area (Å²) in [6.45, 7) is 12.1. The molecule has 0 bridgehead atoms. The van der Waals surface area contributed by atoms with Crippen molar-refractivity contribution in [3.05, 3.63) is 58.7 Å². The number of amides is 1. The second kappa shape index (κ2) is 7.92. The summed E-state index contributed by atoms with van der Waals surface area (Å²) in [5.74, 6) is 0.807. The zero-order chi connectivity index (χ0) is 20.4. The molecule has 2 aromatic carbocycles. The molecule has 0 aliphatic heterocycles. The molecule has 0 radical (unpaired) electrons. The van der Waals surface area contributed by atoms with Crippen molar-refractivity contribution in [1.29, 1.82) is 0 Å². The van der Waals surface area contributed by atoms with Gasteiger partial charge in [-0.15, -0.1) is 10.2 Å². The van der Waals surface area contributed by atoms with E-state index in [9.17, 15) is 4.79 Å². The fourth-order valence-corrected chi connectivity index (χ4v) is 3.23. The number of nitrogens with one attached hydrogen (secondary N) is 1. The number of aromatic nitrogens is 4. The van der Waals surface area contributed by atoms with Crippen molar-refractivity contribution in [2.75, 3.05) is 5.32 Å². The van der Waals surface area contributed by atoms with Crippen LogP contribution in [0.25, 0.3) is 11.4 Å². The van der Waals surface area contributed by atoms with Crippen LogP contribution in [-0.2, 0) is 4.79 Å². The largest absolute Gasteiger partial charge is 0.324 e. The maximum Gasteiger partial charge on any atom is 0.250 e. The first-order chi connectivity index (χ1) is 13.3. The van der Waals surface area contributed by atoms with Gasteiger partial charge in [-0.1, -0.05) is 55.8 Å². The van der Waals surface area contributed by atoms with Gasteiger partial charge in [-0.05, 0) is 55.5 Å². The number of carbonyl (C=O) groups is 1. The molecule has 0 saturated carbocycles. The molecule has 28 heavy (non-hydrogen) atoms. The molecule has 0 saturated heterocycles. The lowest BCUT2D eigenvalue weighted by Gasteiger charge is -2.15. The van der Waals surface area contributed by atoms with Crippen molar-refractivity contribution >= 4 is 11.6 Å². The summed E-state index contributed by atoms with van der Waals surface area (Å²) in [4.78, 5) is 14.1.